The zero-order chi connectivity index (χ0) is 24.1. The predicted molar refractivity (Wildman–Crippen MR) is 134 cm³/mol. The van der Waals surface area contributed by atoms with Crippen molar-refractivity contribution in [3.8, 4) is 11.8 Å². The van der Waals surface area contributed by atoms with E-state index in [0.717, 1.165) is 11.1 Å². The quantitative estimate of drug-likeness (QED) is 0.403. The van der Waals surface area contributed by atoms with Crippen LogP contribution in [-0.4, -0.2) is 24.2 Å². The van der Waals surface area contributed by atoms with E-state index in [0.29, 0.717) is 28.6 Å². The minimum atomic E-state index is -0.556. The van der Waals surface area contributed by atoms with Crippen molar-refractivity contribution in [2.24, 2.45) is 0 Å². The summed E-state index contributed by atoms with van der Waals surface area (Å²) in [4.78, 5) is 28.1. The SMILES string of the molecule is COc1ccc(N2C(=O)C(Cc3ccccc3C)S/C2=C(/C#N)C(=O)Nc2ccccc2)cc1. The Morgan fingerprint density at radius 1 is 1.06 bits per heavy atom. The number of anilines is 2. The molecule has 0 saturated carbocycles. The van der Waals surface area contributed by atoms with Crippen LogP contribution in [0.15, 0.2) is 89.5 Å². The lowest BCUT2D eigenvalue weighted by Gasteiger charge is -2.19. The number of nitriles is 1. The van der Waals surface area contributed by atoms with Crippen LogP contribution in [0.1, 0.15) is 11.1 Å². The minimum Gasteiger partial charge on any atom is -0.497 e. The lowest BCUT2D eigenvalue weighted by molar-refractivity contribution is -0.117. The molecule has 1 atom stereocenters. The van der Waals surface area contributed by atoms with Gasteiger partial charge in [0.15, 0.2) is 0 Å². The van der Waals surface area contributed by atoms with Crippen LogP contribution in [0.2, 0.25) is 0 Å². The first-order valence-corrected chi connectivity index (χ1v) is 11.6. The second-order valence-corrected chi connectivity index (χ2v) is 8.91. The van der Waals surface area contributed by atoms with Gasteiger partial charge in [-0.2, -0.15) is 5.26 Å². The fraction of sp³-hybridized carbons (Fsp3) is 0.148. The number of methoxy groups -OCH3 is 1. The first kappa shape index (κ1) is 23.1. The summed E-state index contributed by atoms with van der Waals surface area (Å²) >= 11 is 1.25. The standard InChI is InChI=1S/C27H23N3O3S/c1-18-8-6-7-9-19(18)16-24-26(32)30(21-12-14-22(33-2)15-13-21)27(34-24)23(17-28)25(31)29-20-10-4-3-5-11-20/h3-15,24H,16H2,1-2H3,(H,29,31)/b27-23-. The maximum absolute atomic E-state index is 13.6. The second kappa shape index (κ2) is 10.3. The average molecular weight is 470 g/mol. The predicted octanol–water partition coefficient (Wildman–Crippen LogP) is 5.07. The average Bonchev–Trinajstić information content (AvgIpc) is 3.17. The number of thioether (sulfide) groups is 1. The Hall–Kier alpha value is -4.02. The molecular weight excluding hydrogens is 446 g/mol. The summed E-state index contributed by atoms with van der Waals surface area (Å²) in [5.74, 6) is -0.0832. The molecule has 6 nitrogen and oxygen atoms in total. The molecular formula is C27H23N3O3S. The summed E-state index contributed by atoms with van der Waals surface area (Å²) in [5, 5.41) is 12.6. The molecule has 0 aliphatic carbocycles. The number of para-hydroxylation sites is 1. The molecule has 0 aromatic heterocycles. The second-order valence-electron chi connectivity index (χ2n) is 7.72. The highest BCUT2D eigenvalue weighted by atomic mass is 32.2. The summed E-state index contributed by atoms with van der Waals surface area (Å²) in [6, 6.07) is 25.8. The van der Waals surface area contributed by atoms with E-state index in [9.17, 15) is 14.9 Å². The summed E-state index contributed by atoms with van der Waals surface area (Å²) in [6.45, 7) is 2.01. The van der Waals surface area contributed by atoms with Gasteiger partial charge in [0.1, 0.15) is 22.4 Å². The van der Waals surface area contributed by atoms with E-state index in [1.807, 2.05) is 43.3 Å². The Morgan fingerprint density at radius 3 is 2.38 bits per heavy atom. The van der Waals surface area contributed by atoms with Crippen molar-refractivity contribution in [3.63, 3.8) is 0 Å². The molecule has 0 radical (unpaired) electrons. The number of hydrogen-bond donors (Lipinski definition) is 1. The molecule has 3 aromatic carbocycles. The highest BCUT2D eigenvalue weighted by molar-refractivity contribution is 8.05. The van der Waals surface area contributed by atoms with E-state index in [2.05, 4.69) is 5.32 Å². The fourth-order valence-corrected chi connectivity index (χ4v) is 5.00. The smallest absolute Gasteiger partial charge is 0.269 e. The van der Waals surface area contributed by atoms with Crippen LogP contribution in [0.5, 0.6) is 5.75 Å². The van der Waals surface area contributed by atoms with Crippen molar-refractivity contribution in [2.45, 2.75) is 18.6 Å². The number of aryl methyl sites for hydroxylation is 1. The third-order valence-electron chi connectivity index (χ3n) is 5.53. The van der Waals surface area contributed by atoms with Crippen molar-refractivity contribution in [1.29, 1.82) is 5.26 Å². The number of carbonyl (C=O) groups excluding carboxylic acids is 2. The lowest BCUT2D eigenvalue weighted by Crippen LogP contribution is -2.31. The summed E-state index contributed by atoms with van der Waals surface area (Å²) in [5.41, 5.74) is 3.18. The number of rotatable bonds is 6. The van der Waals surface area contributed by atoms with E-state index in [4.69, 9.17) is 4.74 Å². The van der Waals surface area contributed by atoms with Crippen molar-refractivity contribution >= 4 is 35.0 Å². The van der Waals surface area contributed by atoms with Crippen LogP contribution in [0, 0.1) is 18.3 Å². The third kappa shape index (κ3) is 4.82. The van der Waals surface area contributed by atoms with Crippen molar-refractivity contribution < 1.29 is 14.3 Å². The van der Waals surface area contributed by atoms with Gasteiger partial charge in [-0.3, -0.25) is 14.5 Å². The molecule has 1 saturated heterocycles. The van der Waals surface area contributed by atoms with E-state index in [-0.39, 0.29) is 11.5 Å². The Morgan fingerprint density at radius 2 is 1.74 bits per heavy atom. The molecule has 1 aliphatic rings. The Kier molecular flexibility index (Phi) is 7.00. The Bertz CT molecular complexity index is 1280. The van der Waals surface area contributed by atoms with Crippen molar-refractivity contribution in [2.75, 3.05) is 17.3 Å². The van der Waals surface area contributed by atoms with E-state index in [1.54, 1.807) is 55.6 Å². The van der Waals surface area contributed by atoms with Gasteiger partial charge in [0.2, 0.25) is 5.91 Å². The number of nitrogens with one attached hydrogen (secondary N) is 1. The van der Waals surface area contributed by atoms with Crippen LogP contribution in [-0.2, 0) is 16.0 Å². The van der Waals surface area contributed by atoms with E-state index in [1.165, 1.54) is 16.7 Å². The van der Waals surface area contributed by atoms with Gasteiger partial charge in [-0.15, -0.1) is 0 Å². The number of benzene rings is 3. The normalized spacial score (nSPS) is 16.7. The van der Waals surface area contributed by atoms with Gasteiger partial charge in [0.25, 0.3) is 5.91 Å². The van der Waals surface area contributed by atoms with Gasteiger partial charge >= 0.3 is 0 Å². The van der Waals surface area contributed by atoms with Crippen LogP contribution >= 0.6 is 11.8 Å². The molecule has 1 fully saturated rings. The molecule has 0 spiro atoms. The third-order valence-corrected chi connectivity index (χ3v) is 6.80. The number of amides is 2. The maximum atomic E-state index is 13.6. The molecule has 1 heterocycles. The first-order chi connectivity index (χ1) is 16.5. The molecule has 1 N–H and O–H groups in total. The van der Waals surface area contributed by atoms with Crippen molar-refractivity contribution in [3.05, 3.63) is 101 Å². The van der Waals surface area contributed by atoms with Gasteiger partial charge < -0.3 is 10.1 Å². The molecule has 1 unspecified atom stereocenters. The Balaban J connectivity index is 1.74. The number of hydrogen-bond acceptors (Lipinski definition) is 5. The summed E-state index contributed by atoms with van der Waals surface area (Å²) < 4.78 is 5.23. The zero-order valence-electron chi connectivity index (χ0n) is 18.8. The summed E-state index contributed by atoms with van der Waals surface area (Å²) in [6.07, 6.45) is 0.491. The highest BCUT2D eigenvalue weighted by Gasteiger charge is 2.41. The largest absolute Gasteiger partial charge is 0.497 e. The van der Waals surface area contributed by atoms with Crippen LogP contribution in [0.25, 0.3) is 0 Å². The fourth-order valence-electron chi connectivity index (χ4n) is 3.71. The van der Waals surface area contributed by atoms with Crippen molar-refractivity contribution in [1.82, 2.24) is 0 Å². The molecule has 1 aliphatic heterocycles. The molecule has 7 heteroatoms. The van der Waals surface area contributed by atoms with Gasteiger partial charge in [-0.25, -0.2) is 0 Å². The van der Waals surface area contributed by atoms with Gasteiger partial charge in [0, 0.05) is 11.4 Å². The molecule has 34 heavy (non-hydrogen) atoms. The molecule has 3 aromatic rings. The monoisotopic (exact) mass is 469 g/mol. The number of ether oxygens (including phenoxy) is 1. The maximum Gasteiger partial charge on any atom is 0.269 e. The van der Waals surface area contributed by atoms with Crippen LogP contribution < -0.4 is 15.0 Å². The van der Waals surface area contributed by atoms with Gasteiger partial charge in [-0.1, -0.05) is 54.2 Å². The van der Waals surface area contributed by atoms with E-state index < -0.39 is 11.2 Å². The van der Waals surface area contributed by atoms with Crippen LogP contribution in [0.4, 0.5) is 11.4 Å². The molecule has 2 amide bonds. The van der Waals surface area contributed by atoms with Gasteiger partial charge in [-0.05, 0) is 60.9 Å². The Labute approximate surface area is 202 Å². The molecule has 4 rings (SSSR count). The first-order valence-electron chi connectivity index (χ1n) is 10.7. The molecule has 170 valence electrons. The summed E-state index contributed by atoms with van der Waals surface area (Å²) in [7, 11) is 1.57. The zero-order valence-corrected chi connectivity index (χ0v) is 19.6. The highest BCUT2D eigenvalue weighted by Crippen LogP contribution is 2.42. The number of nitrogens with zero attached hydrogens (tertiary/aromatic N) is 2. The minimum absolute atomic E-state index is 0.106. The number of carbonyl (C=O) groups is 2. The van der Waals surface area contributed by atoms with Crippen LogP contribution in [0.3, 0.4) is 0 Å². The lowest BCUT2D eigenvalue weighted by atomic mass is 10.0. The molecule has 0 bridgehead atoms. The van der Waals surface area contributed by atoms with E-state index >= 15 is 0 Å². The van der Waals surface area contributed by atoms with Gasteiger partial charge in [0.05, 0.1) is 12.4 Å². The topological polar surface area (TPSA) is 82.4 Å².